The SMILES string of the molecule is Cc1nn(C)c2c1nc(N)n2CC(C)C1CC1. The molecule has 0 aliphatic heterocycles. The molecule has 2 aromatic heterocycles. The summed E-state index contributed by atoms with van der Waals surface area (Å²) in [6, 6.07) is 0. The highest BCUT2D eigenvalue weighted by molar-refractivity contribution is 5.77. The monoisotopic (exact) mass is 233 g/mol. The normalized spacial score (nSPS) is 17.8. The van der Waals surface area contributed by atoms with E-state index >= 15 is 0 Å². The second kappa shape index (κ2) is 3.48. The molecule has 2 N–H and O–H groups in total. The zero-order valence-electron chi connectivity index (χ0n) is 10.6. The molecule has 3 rings (SSSR count). The number of aryl methyl sites for hydroxylation is 2. The number of nitrogen functional groups attached to an aromatic ring is 1. The topological polar surface area (TPSA) is 61.7 Å². The van der Waals surface area contributed by atoms with Crippen LogP contribution in [0.4, 0.5) is 5.95 Å². The maximum Gasteiger partial charge on any atom is 0.202 e. The lowest BCUT2D eigenvalue weighted by Gasteiger charge is -2.13. The number of imidazole rings is 1. The van der Waals surface area contributed by atoms with Crippen LogP contribution in [0.1, 0.15) is 25.5 Å². The van der Waals surface area contributed by atoms with Crippen LogP contribution < -0.4 is 5.73 Å². The first-order valence-electron chi connectivity index (χ1n) is 6.23. The fraction of sp³-hybridized carbons (Fsp3) is 0.667. The molecule has 1 aliphatic carbocycles. The van der Waals surface area contributed by atoms with Crippen LogP contribution >= 0.6 is 0 Å². The second-order valence-electron chi connectivity index (χ2n) is 5.28. The highest BCUT2D eigenvalue weighted by Gasteiger charge is 2.29. The summed E-state index contributed by atoms with van der Waals surface area (Å²) in [6.45, 7) is 5.22. The van der Waals surface area contributed by atoms with Crippen LogP contribution in [0.15, 0.2) is 0 Å². The number of nitrogens with two attached hydrogens (primary N) is 1. The van der Waals surface area contributed by atoms with Gasteiger partial charge >= 0.3 is 0 Å². The Kier molecular flexibility index (Phi) is 2.18. The van der Waals surface area contributed by atoms with Gasteiger partial charge in [-0.05, 0) is 31.6 Å². The highest BCUT2D eigenvalue weighted by Crippen LogP contribution is 2.38. The predicted octanol–water partition coefficient (Wildman–Crippen LogP) is 1.71. The standard InChI is InChI=1S/C12H19N5/c1-7(9-4-5-9)6-17-11-10(14-12(17)13)8(2)15-16(11)3/h7,9H,4-6H2,1-3H3,(H2,13,14). The molecule has 0 bridgehead atoms. The molecule has 5 heteroatoms. The zero-order chi connectivity index (χ0) is 12.2. The summed E-state index contributed by atoms with van der Waals surface area (Å²) < 4.78 is 3.99. The number of nitrogens with zero attached hydrogens (tertiary/aromatic N) is 4. The van der Waals surface area contributed by atoms with Crippen molar-refractivity contribution >= 4 is 17.1 Å². The van der Waals surface area contributed by atoms with Crippen LogP contribution in [-0.2, 0) is 13.6 Å². The lowest BCUT2D eigenvalue weighted by atomic mass is 10.1. The van der Waals surface area contributed by atoms with Crippen molar-refractivity contribution in [3.63, 3.8) is 0 Å². The average molecular weight is 233 g/mol. The van der Waals surface area contributed by atoms with Crippen molar-refractivity contribution in [1.82, 2.24) is 19.3 Å². The molecule has 1 fully saturated rings. The maximum absolute atomic E-state index is 6.02. The van der Waals surface area contributed by atoms with E-state index in [1.807, 2.05) is 18.7 Å². The Balaban J connectivity index is 2.04. The number of hydrogen-bond donors (Lipinski definition) is 1. The van der Waals surface area contributed by atoms with E-state index in [1.165, 1.54) is 12.8 Å². The molecule has 0 radical (unpaired) electrons. The van der Waals surface area contributed by atoms with Gasteiger partial charge < -0.3 is 5.73 Å². The largest absolute Gasteiger partial charge is 0.369 e. The summed E-state index contributed by atoms with van der Waals surface area (Å²) in [5.41, 5.74) is 8.95. The molecular weight excluding hydrogens is 214 g/mol. The van der Waals surface area contributed by atoms with E-state index in [1.54, 1.807) is 0 Å². The Bertz CT molecular complexity index is 561. The van der Waals surface area contributed by atoms with Gasteiger partial charge in [-0.25, -0.2) is 4.98 Å². The Morgan fingerprint density at radius 1 is 1.47 bits per heavy atom. The molecule has 1 aliphatic rings. The van der Waals surface area contributed by atoms with E-state index < -0.39 is 0 Å². The van der Waals surface area contributed by atoms with Crippen molar-refractivity contribution in [3.05, 3.63) is 5.69 Å². The van der Waals surface area contributed by atoms with E-state index in [4.69, 9.17) is 5.73 Å². The molecule has 2 aromatic rings. The van der Waals surface area contributed by atoms with Gasteiger partial charge in [0.25, 0.3) is 0 Å². The van der Waals surface area contributed by atoms with Crippen molar-refractivity contribution in [3.8, 4) is 0 Å². The molecule has 92 valence electrons. The Hall–Kier alpha value is -1.52. The summed E-state index contributed by atoms with van der Waals surface area (Å²) in [5.74, 6) is 2.16. The molecule has 0 aromatic carbocycles. The van der Waals surface area contributed by atoms with Crippen molar-refractivity contribution < 1.29 is 0 Å². The minimum Gasteiger partial charge on any atom is -0.369 e. The van der Waals surface area contributed by atoms with Gasteiger partial charge in [0.1, 0.15) is 5.52 Å². The quantitative estimate of drug-likeness (QED) is 0.877. The number of aromatic nitrogens is 4. The van der Waals surface area contributed by atoms with Gasteiger partial charge in [0, 0.05) is 13.6 Å². The third-order valence-electron chi connectivity index (χ3n) is 3.82. The van der Waals surface area contributed by atoms with Crippen molar-refractivity contribution in [1.29, 1.82) is 0 Å². The van der Waals surface area contributed by atoms with Crippen molar-refractivity contribution in [2.24, 2.45) is 18.9 Å². The molecule has 0 spiro atoms. The minimum atomic E-state index is 0.614. The lowest BCUT2D eigenvalue weighted by Crippen LogP contribution is -2.13. The summed E-state index contributed by atoms with van der Waals surface area (Å²) in [7, 11) is 1.95. The number of hydrogen-bond acceptors (Lipinski definition) is 3. The Morgan fingerprint density at radius 3 is 2.82 bits per heavy atom. The molecule has 1 saturated carbocycles. The van der Waals surface area contributed by atoms with E-state index in [0.717, 1.165) is 29.3 Å². The van der Waals surface area contributed by atoms with Gasteiger partial charge in [0.05, 0.1) is 5.69 Å². The third-order valence-corrected chi connectivity index (χ3v) is 3.82. The first-order valence-corrected chi connectivity index (χ1v) is 6.23. The van der Waals surface area contributed by atoms with Gasteiger partial charge in [0.2, 0.25) is 5.95 Å². The van der Waals surface area contributed by atoms with Gasteiger partial charge in [-0.15, -0.1) is 0 Å². The van der Waals surface area contributed by atoms with Gasteiger partial charge in [-0.2, -0.15) is 5.10 Å². The lowest BCUT2D eigenvalue weighted by molar-refractivity contribution is 0.435. The van der Waals surface area contributed by atoms with Crippen molar-refractivity contribution in [2.75, 3.05) is 5.73 Å². The number of anilines is 1. The summed E-state index contributed by atoms with van der Waals surface area (Å²) >= 11 is 0. The smallest absolute Gasteiger partial charge is 0.202 e. The minimum absolute atomic E-state index is 0.614. The predicted molar refractivity (Wildman–Crippen MR) is 67.5 cm³/mol. The fourth-order valence-corrected chi connectivity index (χ4v) is 2.63. The molecule has 5 nitrogen and oxygen atoms in total. The number of rotatable bonds is 3. The molecule has 1 atom stereocenters. The maximum atomic E-state index is 6.02. The zero-order valence-corrected chi connectivity index (χ0v) is 10.6. The van der Waals surface area contributed by atoms with E-state index in [-0.39, 0.29) is 0 Å². The molecular formula is C12H19N5. The summed E-state index contributed by atoms with van der Waals surface area (Å²) in [5, 5.41) is 4.40. The Morgan fingerprint density at radius 2 is 2.18 bits per heavy atom. The highest BCUT2D eigenvalue weighted by atomic mass is 15.3. The molecule has 0 amide bonds. The number of fused-ring (bicyclic) bond motifs is 1. The molecule has 2 heterocycles. The van der Waals surface area contributed by atoms with Crippen molar-refractivity contribution in [2.45, 2.75) is 33.2 Å². The molecule has 0 saturated heterocycles. The van der Waals surface area contributed by atoms with Crippen LogP contribution in [0.2, 0.25) is 0 Å². The fourth-order valence-electron chi connectivity index (χ4n) is 2.63. The van der Waals surface area contributed by atoms with Crippen LogP contribution in [0.3, 0.4) is 0 Å². The second-order valence-corrected chi connectivity index (χ2v) is 5.28. The van der Waals surface area contributed by atoms with Gasteiger partial charge in [-0.1, -0.05) is 6.92 Å². The summed E-state index contributed by atoms with van der Waals surface area (Å²) in [6.07, 6.45) is 2.73. The van der Waals surface area contributed by atoms with Gasteiger partial charge in [0.15, 0.2) is 5.65 Å². The molecule has 1 unspecified atom stereocenters. The van der Waals surface area contributed by atoms with Crippen LogP contribution in [0, 0.1) is 18.8 Å². The average Bonchev–Trinajstić information content (AvgIpc) is 3.00. The van der Waals surface area contributed by atoms with Crippen LogP contribution in [0.5, 0.6) is 0 Å². The molecule has 17 heavy (non-hydrogen) atoms. The van der Waals surface area contributed by atoms with Crippen LogP contribution in [-0.4, -0.2) is 19.3 Å². The third kappa shape index (κ3) is 1.61. The van der Waals surface area contributed by atoms with E-state index in [9.17, 15) is 0 Å². The van der Waals surface area contributed by atoms with E-state index in [2.05, 4.69) is 21.6 Å². The Labute approximate surface area is 101 Å². The van der Waals surface area contributed by atoms with Gasteiger partial charge in [-0.3, -0.25) is 9.25 Å². The van der Waals surface area contributed by atoms with E-state index in [0.29, 0.717) is 11.9 Å². The first kappa shape index (κ1) is 10.6. The summed E-state index contributed by atoms with van der Waals surface area (Å²) in [4.78, 5) is 4.42. The van der Waals surface area contributed by atoms with Crippen LogP contribution in [0.25, 0.3) is 11.2 Å². The first-order chi connectivity index (χ1) is 8.08.